The van der Waals surface area contributed by atoms with Crippen LogP contribution < -0.4 is 0 Å². The third-order valence-electron chi connectivity index (χ3n) is 1.59. The van der Waals surface area contributed by atoms with Crippen LogP contribution in [0.5, 0.6) is 0 Å². The molecule has 0 spiro atoms. The summed E-state index contributed by atoms with van der Waals surface area (Å²) in [5.41, 5.74) is 0. The van der Waals surface area contributed by atoms with Crippen LogP contribution in [0.3, 0.4) is 0 Å². The van der Waals surface area contributed by atoms with Gasteiger partial charge in [0.1, 0.15) is 6.23 Å². The normalized spacial score (nSPS) is 17.5. The van der Waals surface area contributed by atoms with E-state index in [0.29, 0.717) is 12.3 Å². The summed E-state index contributed by atoms with van der Waals surface area (Å²) in [6.45, 7) is 4.04. The molecule has 2 atom stereocenters. The second-order valence-corrected chi connectivity index (χ2v) is 3.57. The van der Waals surface area contributed by atoms with Gasteiger partial charge in [-0.25, -0.2) is 0 Å². The summed E-state index contributed by atoms with van der Waals surface area (Å²) in [4.78, 5) is 1.60. The van der Waals surface area contributed by atoms with E-state index in [2.05, 4.69) is 0 Å². The molecule has 2 N–H and O–H groups in total. The smallest absolute Gasteiger partial charge is 0.133 e. The third-order valence-corrected chi connectivity index (χ3v) is 1.59. The minimum atomic E-state index is -0.739. The zero-order valence-electron chi connectivity index (χ0n) is 7.78. The van der Waals surface area contributed by atoms with Crippen LogP contribution in [-0.4, -0.2) is 41.5 Å². The molecular formula is C8H19NO2. The summed E-state index contributed by atoms with van der Waals surface area (Å²) in [6, 6.07) is 0. The Kier molecular flexibility index (Phi) is 4.65. The van der Waals surface area contributed by atoms with Crippen molar-refractivity contribution in [3.05, 3.63) is 0 Å². The van der Waals surface area contributed by atoms with Gasteiger partial charge >= 0.3 is 0 Å². The van der Waals surface area contributed by atoms with Gasteiger partial charge in [-0.05, 0) is 26.4 Å². The topological polar surface area (TPSA) is 43.7 Å². The molecule has 0 aliphatic heterocycles. The first-order valence-electron chi connectivity index (χ1n) is 3.97. The molecule has 0 heterocycles. The van der Waals surface area contributed by atoms with E-state index >= 15 is 0 Å². The molecule has 0 aromatic heterocycles. The zero-order chi connectivity index (χ0) is 9.02. The predicted molar refractivity (Wildman–Crippen MR) is 45.2 cm³/mol. The van der Waals surface area contributed by atoms with E-state index in [0.717, 1.165) is 0 Å². The number of rotatable bonds is 4. The van der Waals surface area contributed by atoms with Crippen LogP contribution in [0.1, 0.15) is 20.3 Å². The number of nitrogens with zero attached hydrogens (tertiary/aromatic N) is 1. The van der Waals surface area contributed by atoms with Gasteiger partial charge in [-0.2, -0.15) is 0 Å². The maximum atomic E-state index is 9.37. The largest absolute Gasteiger partial charge is 0.389 e. The summed E-state index contributed by atoms with van der Waals surface area (Å²) in [7, 11) is 3.49. The summed E-state index contributed by atoms with van der Waals surface area (Å²) < 4.78 is 0. The van der Waals surface area contributed by atoms with Crippen molar-refractivity contribution in [3.63, 3.8) is 0 Å². The number of hydrogen-bond acceptors (Lipinski definition) is 3. The highest BCUT2D eigenvalue weighted by molar-refractivity contribution is 4.65. The zero-order valence-corrected chi connectivity index (χ0v) is 7.78. The van der Waals surface area contributed by atoms with Crippen LogP contribution in [0, 0.1) is 5.92 Å². The summed E-state index contributed by atoms with van der Waals surface area (Å²) >= 11 is 0. The fraction of sp³-hybridized carbons (Fsp3) is 1.00. The molecule has 0 saturated carbocycles. The lowest BCUT2D eigenvalue weighted by Gasteiger charge is -2.24. The highest BCUT2D eigenvalue weighted by atomic mass is 16.3. The minimum Gasteiger partial charge on any atom is -0.389 e. The molecule has 0 rings (SSSR count). The molecule has 0 amide bonds. The van der Waals surface area contributed by atoms with Gasteiger partial charge in [0, 0.05) is 0 Å². The Labute approximate surface area is 68.6 Å². The van der Waals surface area contributed by atoms with Gasteiger partial charge < -0.3 is 10.2 Å². The molecule has 11 heavy (non-hydrogen) atoms. The Hall–Kier alpha value is -0.120. The molecule has 1 unspecified atom stereocenters. The number of aliphatic hydroxyl groups is 2. The van der Waals surface area contributed by atoms with Crippen molar-refractivity contribution in [1.29, 1.82) is 0 Å². The van der Waals surface area contributed by atoms with Gasteiger partial charge in [0.2, 0.25) is 0 Å². The van der Waals surface area contributed by atoms with Crippen LogP contribution >= 0.6 is 0 Å². The Balaban J connectivity index is 3.73. The van der Waals surface area contributed by atoms with Crippen LogP contribution in [0.2, 0.25) is 0 Å². The second kappa shape index (κ2) is 4.70. The van der Waals surface area contributed by atoms with E-state index < -0.39 is 12.3 Å². The standard InChI is InChI=1S/C8H19NO2/c1-6(2)5-7(10)8(11)9(3)4/h6-8,10-11H,5H2,1-4H3/t7-,8?/m0/s1. The molecule has 0 saturated heterocycles. The van der Waals surface area contributed by atoms with Crippen molar-refractivity contribution in [2.24, 2.45) is 5.92 Å². The van der Waals surface area contributed by atoms with E-state index in [-0.39, 0.29) is 0 Å². The molecule has 0 aromatic carbocycles. The molecule has 68 valence electrons. The molecule has 0 aromatic rings. The van der Waals surface area contributed by atoms with Gasteiger partial charge in [-0.1, -0.05) is 13.8 Å². The highest BCUT2D eigenvalue weighted by Crippen LogP contribution is 2.08. The maximum Gasteiger partial charge on any atom is 0.133 e. The van der Waals surface area contributed by atoms with Crippen LogP contribution in [0.15, 0.2) is 0 Å². The molecular weight excluding hydrogens is 142 g/mol. The van der Waals surface area contributed by atoms with Crippen LogP contribution in [-0.2, 0) is 0 Å². The first-order chi connectivity index (χ1) is 4.95. The van der Waals surface area contributed by atoms with Crippen molar-refractivity contribution in [2.45, 2.75) is 32.6 Å². The number of likely N-dealkylation sites (N-methyl/N-ethyl adjacent to an activating group) is 1. The van der Waals surface area contributed by atoms with Crippen molar-refractivity contribution < 1.29 is 10.2 Å². The maximum absolute atomic E-state index is 9.37. The molecule has 0 aliphatic rings. The molecule has 0 fully saturated rings. The predicted octanol–water partition coefficient (Wildman–Crippen LogP) is 0.273. The fourth-order valence-electron chi connectivity index (χ4n) is 0.949. The Morgan fingerprint density at radius 2 is 1.64 bits per heavy atom. The van der Waals surface area contributed by atoms with E-state index in [9.17, 15) is 10.2 Å². The molecule has 0 aliphatic carbocycles. The van der Waals surface area contributed by atoms with Gasteiger partial charge in [0.15, 0.2) is 0 Å². The Morgan fingerprint density at radius 1 is 1.18 bits per heavy atom. The lowest BCUT2D eigenvalue weighted by molar-refractivity contribution is -0.0687. The van der Waals surface area contributed by atoms with E-state index in [1.807, 2.05) is 13.8 Å². The highest BCUT2D eigenvalue weighted by Gasteiger charge is 2.18. The molecule has 0 radical (unpaired) electrons. The number of aliphatic hydroxyl groups excluding tert-OH is 2. The van der Waals surface area contributed by atoms with E-state index in [1.165, 1.54) is 0 Å². The molecule has 3 heteroatoms. The Morgan fingerprint density at radius 3 is 1.91 bits per heavy atom. The average Bonchev–Trinajstić information content (AvgIpc) is 1.84. The van der Waals surface area contributed by atoms with Gasteiger partial charge in [-0.3, -0.25) is 4.90 Å². The Bertz CT molecular complexity index is 104. The summed E-state index contributed by atoms with van der Waals surface area (Å²) in [6.07, 6.45) is -0.735. The summed E-state index contributed by atoms with van der Waals surface area (Å²) in [5.74, 6) is 0.416. The van der Waals surface area contributed by atoms with Gasteiger partial charge in [0.05, 0.1) is 6.10 Å². The SMILES string of the molecule is CC(C)C[C@H](O)C(O)N(C)C. The fourth-order valence-corrected chi connectivity index (χ4v) is 0.949. The van der Waals surface area contributed by atoms with E-state index in [4.69, 9.17) is 0 Å². The second-order valence-electron chi connectivity index (χ2n) is 3.57. The monoisotopic (exact) mass is 161 g/mol. The van der Waals surface area contributed by atoms with Crippen LogP contribution in [0.4, 0.5) is 0 Å². The first kappa shape index (κ1) is 10.9. The average molecular weight is 161 g/mol. The van der Waals surface area contributed by atoms with Crippen molar-refractivity contribution >= 4 is 0 Å². The molecule has 3 nitrogen and oxygen atoms in total. The van der Waals surface area contributed by atoms with Gasteiger partial charge in [0.25, 0.3) is 0 Å². The summed E-state index contributed by atoms with van der Waals surface area (Å²) in [5, 5.41) is 18.7. The number of hydrogen-bond donors (Lipinski definition) is 2. The lowest BCUT2D eigenvalue weighted by atomic mass is 10.0. The molecule has 0 bridgehead atoms. The van der Waals surface area contributed by atoms with Crippen LogP contribution in [0.25, 0.3) is 0 Å². The van der Waals surface area contributed by atoms with Gasteiger partial charge in [-0.15, -0.1) is 0 Å². The van der Waals surface area contributed by atoms with Crippen molar-refractivity contribution in [2.75, 3.05) is 14.1 Å². The third kappa shape index (κ3) is 4.35. The quantitative estimate of drug-likeness (QED) is 0.582. The lowest BCUT2D eigenvalue weighted by Crippen LogP contribution is -2.39. The minimum absolute atomic E-state index is 0.416. The van der Waals surface area contributed by atoms with E-state index in [1.54, 1.807) is 19.0 Å². The first-order valence-corrected chi connectivity index (χ1v) is 3.97. The van der Waals surface area contributed by atoms with Crippen molar-refractivity contribution in [3.8, 4) is 0 Å². The van der Waals surface area contributed by atoms with Crippen molar-refractivity contribution in [1.82, 2.24) is 4.90 Å².